The van der Waals surface area contributed by atoms with Crippen molar-refractivity contribution in [2.24, 2.45) is 0 Å². The van der Waals surface area contributed by atoms with E-state index in [0.29, 0.717) is 12.2 Å². The predicted molar refractivity (Wildman–Crippen MR) is 89.8 cm³/mol. The van der Waals surface area contributed by atoms with Crippen molar-refractivity contribution < 1.29 is 14.3 Å². The largest absolute Gasteiger partial charge is 0.497 e. The minimum atomic E-state index is -0.272. The van der Waals surface area contributed by atoms with Crippen molar-refractivity contribution in [2.45, 2.75) is 6.92 Å². The summed E-state index contributed by atoms with van der Waals surface area (Å²) in [4.78, 5) is 13.3. The molecule has 0 aliphatic carbocycles. The van der Waals surface area contributed by atoms with Gasteiger partial charge in [-0.05, 0) is 42.8 Å². The lowest BCUT2D eigenvalue weighted by molar-refractivity contribution is 0.0530. The molecule has 0 saturated heterocycles. The summed E-state index contributed by atoms with van der Waals surface area (Å²) >= 11 is 1.60. The van der Waals surface area contributed by atoms with Gasteiger partial charge in [0, 0.05) is 10.1 Å². The molecule has 0 radical (unpaired) electrons. The summed E-state index contributed by atoms with van der Waals surface area (Å²) in [6, 6.07) is 15.6. The summed E-state index contributed by atoms with van der Waals surface area (Å²) < 4.78 is 11.5. The normalized spacial score (nSPS) is 10.6. The van der Waals surface area contributed by atoms with Crippen LogP contribution in [0.5, 0.6) is 5.75 Å². The minimum absolute atomic E-state index is 0.272. The zero-order chi connectivity index (χ0) is 15.5. The Hall–Kier alpha value is -2.33. The molecule has 3 aromatic rings. The molecule has 0 saturated carbocycles. The molecule has 0 aliphatic rings. The smallest absolute Gasteiger partial charge is 0.340 e. The van der Waals surface area contributed by atoms with Crippen molar-refractivity contribution in [3.8, 4) is 16.2 Å². The maximum Gasteiger partial charge on any atom is 0.340 e. The van der Waals surface area contributed by atoms with E-state index < -0.39 is 0 Å². The van der Waals surface area contributed by atoms with Gasteiger partial charge in [-0.15, -0.1) is 11.3 Å². The molecular formula is C18H16O3S. The summed E-state index contributed by atoms with van der Waals surface area (Å²) in [5.74, 6) is 0.522. The zero-order valence-electron chi connectivity index (χ0n) is 12.5. The molecule has 0 atom stereocenters. The molecular weight excluding hydrogens is 296 g/mol. The van der Waals surface area contributed by atoms with Crippen molar-refractivity contribution >= 4 is 27.4 Å². The molecule has 4 heteroatoms. The van der Waals surface area contributed by atoms with Crippen LogP contribution in [0.25, 0.3) is 20.5 Å². The van der Waals surface area contributed by atoms with Crippen LogP contribution in [0.1, 0.15) is 17.3 Å². The van der Waals surface area contributed by atoms with Crippen LogP contribution in [0.15, 0.2) is 48.5 Å². The highest BCUT2D eigenvalue weighted by Gasteiger charge is 2.20. The van der Waals surface area contributed by atoms with Gasteiger partial charge in [0.05, 0.1) is 24.2 Å². The van der Waals surface area contributed by atoms with Gasteiger partial charge in [-0.3, -0.25) is 0 Å². The summed E-state index contributed by atoms with van der Waals surface area (Å²) in [7, 11) is 1.64. The van der Waals surface area contributed by atoms with Gasteiger partial charge in [0.15, 0.2) is 0 Å². The number of benzene rings is 2. The van der Waals surface area contributed by atoms with E-state index in [0.717, 1.165) is 26.3 Å². The standard InChI is InChI=1S/C18H16O3S/c1-3-21-18(19)16-14-6-4-5-7-15(14)22-17(16)12-8-10-13(20-2)11-9-12/h4-11H,3H2,1-2H3. The molecule has 0 spiro atoms. The third-order valence-electron chi connectivity index (χ3n) is 3.43. The number of esters is 1. The number of methoxy groups -OCH3 is 1. The molecule has 0 aliphatic heterocycles. The van der Waals surface area contributed by atoms with E-state index in [2.05, 4.69) is 0 Å². The number of fused-ring (bicyclic) bond motifs is 1. The van der Waals surface area contributed by atoms with E-state index in [1.54, 1.807) is 18.4 Å². The number of hydrogen-bond donors (Lipinski definition) is 0. The average Bonchev–Trinajstić information content (AvgIpc) is 2.94. The van der Waals surface area contributed by atoms with E-state index in [1.807, 2.05) is 55.5 Å². The Bertz CT molecular complexity index is 803. The molecule has 3 nitrogen and oxygen atoms in total. The summed E-state index contributed by atoms with van der Waals surface area (Å²) in [6.07, 6.45) is 0. The first-order chi connectivity index (χ1) is 10.7. The third kappa shape index (κ3) is 2.57. The lowest BCUT2D eigenvalue weighted by Crippen LogP contribution is -2.05. The SMILES string of the molecule is CCOC(=O)c1c(-c2ccc(OC)cc2)sc2ccccc12. The monoisotopic (exact) mass is 312 g/mol. The van der Waals surface area contributed by atoms with E-state index in [9.17, 15) is 4.79 Å². The maximum atomic E-state index is 12.4. The molecule has 2 aromatic carbocycles. The molecule has 0 bridgehead atoms. The predicted octanol–water partition coefficient (Wildman–Crippen LogP) is 4.75. The van der Waals surface area contributed by atoms with Gasteiger partial charge in [0.25, 0.3) is 0 Å². The molecule has 0 unspecified atom stereocenters. The fourth-order valence-electron chi connectivity index (χ4n) is 2.40. The van der Waals surface area contributed by atoms with Gasteiger partial charge < -0.3 is 9.47 Å². The molecule has 3 rings (SSSR count). The van der Waals surface area contributed by atoms with Crippen molar-refractivity contribution in [2.75, 3.05) is 13.7 Å². The first-order valence-corrected chi connectivity index (χ1v) is 7.89. The van der Waals surface area contributed by atoms with Crippen LogP contribution in [-0.4, -0.2) is 19.7 Å². The topological polar surface area (TPSA) is 35.5 Å². The fourth-order valence-corrected chi connectivity index (χ4v) is 3.59. The van der Waals surface area contributed by atoms with Crippen LogP contribution >= 0.6 is 11.3 Å². The zero-order valence-corrected chi connectivity index (χ0v) is 13.3. The molecule has 0 amide bonds. The molecule has 112 valence electrons. The van der Waals surface area contributed by atoms with Crippen LogP contribution in [0, 0.1) is 0 Å². The Morgan fingerprint density at radius 1 is 1.09 bits per heavy atom. The number of carbonyl (C=O) groups is 1. The van der Waals surface area contributed by atoms with Gasteiger partial charge in [0.1, 0.15) is 5.75 Å². The Kier molecular flexibility index (Phi) is 4.11. The summed E-state index contributed by atoms with van der Waals surface area (Å²) in [6.45, 7) is 2.19. The van der Waals surface area contributed by atoms with Gasteiger partial charge in [0.2, 0.25) is 0 Å². The molecule has 22 heavy (non-hydrogen) atoms. The van der Waals surface area contributed by atoms with Crippen molar-refractivity contribution in [3.63, 3.8) is 0 Å². The first kappa shape index (κ1) is 14.6. The van der Waals surface area contributed by atoms with Gasteiger partial charge in [-0.2, -0.15) is 0 Å². The molecule has 1 aromatic heterocycles. The Morgan fingerprint density at radius 3 is 2.50 bits per heavy atom. The van der Waals surface area contributed by atoms with Crippen LogP contribution in [0.2, 0.25) is 0 Å². The Morgan fingerprint density at radius 2 is 1.82 bits per heavy atom. The van der Waals surface area contributed by atoms with Crippen LogP contribution in [-0.2, 0) is 4.74 Å². The van der Waals surface area contributed by atoms with Crippen LogP contribution in [0.4, 0.5) is 0 Å². The number of thiophene rings is 1. The number of ether oxygens (including phenoxy) is 2. The molecule has 0 fully saturated rings. The maximum absolute atomic E-state index is 12.4. The second-order valence-electron chi connectivity index (χ2n) is 4.75. The average molecular weight is 312 g/mol. The highest BCUT2D eigenvalue weighted by Crippen LogP contribution is 2.39. The van der Waals surface area contributed by atoms with Crippen LogP contribution in [0.3, 0.4) is 0 Å². The number of rotatable bonds is 4. The Balaban J connectivity index is 2.18. The fraction of sp³-hybridized carbons (Fsp3) is 0.167. The van der Waals surface area contributed by atoms with E-state index >= 15 is 0 Å². The highest BCUT2D eigenvalue weighted by molar-refractivity contribution is 7.22. The molecule has 1 heterocycles. The quantitative estimate of drug-likeness (QED) is 0.652. The first-order valence-electron chi connectivity index (χ1n) is 7.07. The molecule has 0 N–H and O–H groups in total. The number of hydrogen-bond acceptors (Lipinski definition) is 4. The van der Waals surface area contributed by atoms with Gasteiger partial charge in [-0.25, -0.2) is 4.79 Å². The second kappa shape index (κ2) is 6.20. The van der Waals surface area contributed by atoms with Crippen LogP contribution < -0.4 is 4.74 Å². The van der Waals surface area contributed by atoms with Crippen molar-refractivity contribution in [1.82, 2.24) is 0 Å². The van der Waals surface area contributed by atoms with E-state index in [1.165, 1.54) is 0 Å². The van der Waals surface area contributed by atoms with Crippen molar-refractivity contribution in [1.29, 1.82) is 0 Å². The van der Waals surface area contributed by atoms with Gasteiger partial charge >= 0.3 is 5.97 Å². The van der Waals surface area contributed by atoms with E-state index in [4.69, 9.17) is 9.47 Å². The second-order valence-corrected chi connectivity index (χ2v) is 5.80. The lowest BCUT2D eigenvalue weighted by atomic mass is 10.1. The number of carbonyl (C=O) groups excluding carboxylic acids is 1. The van der Waals surface area contributed by atoms with E-state index in [-0.39, 0.29) is 5.97 Å². The van der Waals surface area contributed by atoms with Gasteiger partial charge in [-0.1, -0.05) is 18.2 Å². The van der Waals surface area contributed by atoms with Crippen molar-refractivity contribution in [3.05, 3.63) is 54.1 Å². The highest BCUT2D eigenvalue weighted by atomic mass is 32.1. The Labute approximate surface area is 133 Å². The third-order valence-corrected chi connectivity index (χ3v) is 4.65. The summed E-state index contributed by atoms with van der Waals surface area (Å²) in [5.41, 5.74) is 1.64. The lowest BCUT2D eigenvalue weighted by Gasteiger charge is -2.06. The summed E-state index contributed by atoms with van der Waals surface area (Å²) in [5, 5.41) is 0.941. The minimum Gasteiger partial charge on any atom is -0.497 e.